The van der Waals surface area contributed by atoms with Crippen LogP contribution in [0.1, 0.15) is 35.8 Å². The number of hydrogen-bond acceptors (Lipinski definition) is 2. The molecule has 2 aromatic rings. The van der Waals surface area contributed by atoms with Gasteiger partial charge in [-0.3, -0.25) is 0 Å². The van der Waals surface area contributed by atoms with Crippen molar-refractivity contribution in [3.05, 3.63) is 65.2 Å². The molecule has 1 aromatic carbocycles. The Kier molecular flexibility index (Phi) is 5.63. The molecule has 2 unspecified atom stereocenters. The van der Waals surface area contributed by atoms with Gasteiger partial charge in [-0.05, 0) is 35.2 Å². The van der Waals surface area contributed by atoms with E-state index in [1.165, 1.54) is 29.8 Å². The molecule has 2 nitrogen and oxygen atoms in total. The Labute approximate surface area is 122 Å². The molecule has 106 valence electrons. The molecule has 4 heteroatoms. The number of benzene rings is 1. The third kappa shape index (κ3) is 4.36. The second-order valence-electron chi connectivity index (χ2n) is 4.84. The summed E-state index contributed by atoms with van der Waals surface area (Å²) in [7, 11) is 2.69. The SMILES string of the molecule is CCCc1ccc(CNC(P)c2ccnc(F)c2)cc1. The zero-order valence-electron chi connectivity index (χ0n) is 11.6. The Balaban J connectivity index is 1.91. The first-order valence-electron chi connectivity index (χ1n) is 6.87. The fourth-order valence-electron chi connectivity index (χ4n) is 2.07. The third-order valence-corrected chi connectivity index (χ3v) is 3.82. The number of nitrogens with one attached hydrogen (secondary N) is 1. The van der Waals surface area contributed by atoms with Gasteiger partial charge >= 0.3 is 0 Å². The second kappa shape index (κ2) is 7.47. The second-order valence-corrected chi connectivity index (χ2v) is 5.50. The van der Waals surface area contributed by atoms with E-state index < -0.39 is 5.95 Å². The molecule has 2 atom stereocenters. The lowest BCUT2D eigenvalue weighted by atomic mass is 10.1. The van der Waals surface area contributed by atoms with Gasteiger partial charge in [-0.25, -0.2) is 4.98 Å². The van der Waals surface area contributed by atoms with Crippen molar-refractivity contribution in [3.63, 3.8) is 0 Å². The summed E-state index contributed by atoms with van der Waals surface area (Å²) in [4.78, 5) is 3.56. The predicted octanol–water partition coefficient (Wildman–Crippen LogP) is 3.84. The van der Waals surface area contributed by atoms with Crippen molar-refractivity contribution >= 4 is 9.24 Å². The molecule has 1 aromatic heterocycles. The highest BCUT2D eigenvalue weighted by Gasteiger charge is 2.06. The number of aromatic nitrogens is 1. The molecular weight excluding hydrogens is 270 g/mol. The van der Waals surface area contributed by atoms with Crippen molar-refractivity contribution in [2.24, 2.45) is 0 Å². The Morgan fingerprint density at radius 1 is 1.20 bits per heavy atom. The summed E-state index contributed by atoms with van der Waals surface area (Å²) >= 11 is 0. The molecular formula is C16H20FN2P. The van der Waals surface area contributed by atoms with Crippen LogP contribution < -0.4 is 5.32 Å². The van der Waals surface area contributed by atoms with Gasteiger partial charge < -0.3 is 5.32 Å². The first-order chi connectivity index (χ1) is 9.69. The average molecular weight is 290 g/mol. The number of pyridine rings is 1. The topological polar surface area (TPSA) is 24.9 Å². The van der Waals surface area contributed by atoms with E-state index in [4.69, 9.17) is 0 Å². The molecule has 0 amide bonds. The molecule has 0 bridgehead atoms. The van der Waals surface area contributed by atoms with Crippen LogP contribution in [0, 0.1) is 5.95 Å². The summed E-state index contributed by atoms with van der Waals surface area (Å²) in [6.45, 7) is 2.94. The number of nitrogens with zero attached hydrogens (tertiary/aromatic N) is 1. The van der Waals surface area contributed by atoms with Crippen LogP contribution in [0.25, 0.3) is 0 Å². The van der Waals surface area contributed by atoms with Crippen LogP contribution in [0.15, 0.2) is 42.6 Å². The smallest absolute Gasteiger partial charge is 0.213 e. The minimum atomic E-state index is -0.444. The van der Waals surface area contributed by atoms with Crippen molar-refractivity contribution in [1.29, 1.82) is 0 Å². The van der Waals surface area contributed by atoms with E-state index in [0.717, 1.165) is 18.5 Å². The van der Waals surface area contributed by atoms with E-state index in [9.17, 15) is 4.39 Å². The molecule has 0 spiro atoms. The first kappa shape index (κ1) is 15.1. The normalized spacial score (nSPS) is 12.3. The van der Waals surface area contributed by atoms with Crippen molar-refractivity contribution in [2.45, 2.75) is 32.1 Å². The summed E-state index contributed by atoms with van der Waals surface area (Å²) in [5, 5.41) is 3.36. The highest BCUT2D eigenvalue weighted by atomic mass is 31.0. The quantitative estimate of drug-likeness (QED) is 0.646. The lowest BCUT2D eigenvalue weighted by Gasteiger charge is -2.14. The summed E-state index contributed by atoms with van der Waals surface area (Å²) in [5.74, 6) is -0.427. The molecule has 0 saturated heterocycles. The highest BCUT2D eigenvalue weighted by Crippen LogP contribution is 2.20. The van der Waals surface area contributed by atoms with Crippen molar-refractivity contribution in [3.8, 4) is 0 Å². The zero-order valence-corrected chi connectivity index (χ0v) is 12.8. The minimum Gasteiger partial charge on any atom is -0.303 e. The van der Waals surface area contributed by atoms with Gasteiger partial charge in [0, 0.05) is 18.5 Å². The molecule has 1 N–H and O–H groups in total. The standard InChI is InChI=1S/C16H20FN2P/c1-2-3-12-4-6-13(7-5-12)11-19-16(20)14-8-9-18-15(17)10-14/h4-10,16,19H,2-3,11,20H2,1H3. The number of halogens is 1. The molecule has 2 rings (SSSR count). The highest BCUT2D eigenvalue weighted by molar-refractivity contribution is 7.17. The van der Waals surface area contributed by atoms with Crippen molar-refractivity contribution in [2.75, 3.05) is 0 Å². The fourth-order valence-corrected chi connectivity index (χ4v) is 2.39. The Morgan fingerprint density at radius 3 is 2.55 bits per heavy atom. The molecule has 0 aliphatic rings. The molecule has 0 aliphatic carbocycles. The van der Waals surface area contributed by atoms with Crippen molar-refractivity contribution < 1.29 is 4.39 Å². The van der Waals surface area contributed by atoms with E-state index >= 15 is 0 Å². The summed E-state index contributed by atoms with van der Waals surface area (Å²) in [6, 6.07) is 11.9. The van der Waals surface area contributed by atoms with Gasteiger partial charge in [0.25, 0.3) is 0 Å². The van der Waals surface area contributed by atoms with Gasteiger partial charge in [-0.1, -0.05) is 37.6 Å². The van der Waals surface area contributed by atoms with E-state index in [1.54, 1.807) is 0 Å². The molecule has 0 saturated carbocycles. The largest absolute Gasteiger partial charge is 0.303 e. The molecule has 1 heterocycles. The maximum Gasteiger partial charge on any atom is 0.213 e. The van der Waals surface area contributed by atoms with E-state index in [2.05, 4.69) is 50.7 Å². The van der Waals surface area contributed by atoms with Gasteiger partial charge in [0.05, 0.1) is 0 Å². The van der Waals surface area contributed by atoms with Gasteiger partial charge in [-0.2, -0.15) is 4.39 Å². The van der Waals surface area contributed by atoms with Gasteiger partial charge in [0.1, 0.15) is 0 Å². The molecule has 0 fully saturated rings. The maximum absolute atomic E-state index is 13.1. The predicted molar refractivity (Wildman–Crippen MR) is 83.9 cm³/mol. The van der Waals surface area contributed by atoms with Gasteiger partial charge in [-0.15, -0.1) is 9.24 Å². The van der Waals surface area contributed by atoms with Crippen LogP contribution >= 0.6 is 9.24 Å². The number of aryl methyl sites for hydroxylation is 1. The molecule has 20 heavy (non-hydrogen) atoms. The third-order valence-electron chi connectivity index (χ3n) is 3.20. The Hall–Kier alpha value is -1.31. The monoisotopic (exact) mass is 290 g/mol. The zero-order chi connectivity index (χ0) is 14.4. The van der Waals surface area contributed by atoms with Crippen LogP contribution in [0.2, 0.25) is 0 Å². The number of hydrogen-bond donors (Lipinski definition) is 1. The van der Waals surface area contributed by atoms with E-state index in [-0.39, 0.29) is 5.78 Å². The van der Waals surface area contributed by atoms with Crippen LogP contribution in [0.5, 0.6) is 0 Å². The Morgan fingerprint density at radius 2 is 1.90 bits per heavy atom. The first-order valence-corrected chi connectivity index (χ1v) is 7.54. The maximum atomic E-state index is 13.1. The van der Waals surface area contributed by atoms with Gasteiger partial charge in [0.15, 0.2) is 0 Å². The van der Waals surface area contributed by atoms with Crippen LogP contribution in [-0.4, -0.2) is 4.98 Å². The minimum absolute atomic E-state index is 0.0165. The summed E-state index contributed by atoms with van der Waals surface area (Å²) < 4.78 is 13.1. The average Bonchev–Trinajstić information content (AvgIpc) is 2.46. The van der Waals surface area contributed by atoms with E-state index in [1.807, 2.05) is 6.07 Å². The molecule has 0 aliphatic heterocycles. The summed E-state index contributed by atoms with van der Waals surface area (Å²) in [6.07, 6.45) is 3.78. The molecule has 0 radical (unpaired) electrons. The van der Waals surface area contributed by atoms with Gasteiger partial charge in [0.2, 0.25) is 5.95 Å². The van der Waals surface area contributed by atoms with Crippen molar-refractivity contribution in [1.82, 2.24) is 10.3 Å². The van der Waals surface area contributed by atoms with Crippen LogP contribution in [-0.2, 0) is 13.0 Å². The fraction of sp³-hybridized carbons (Fsp3) is 0.312. The lowest BCUT2D eigenvalue weighted by molar-refractivity contribution is 0.577. The van der Waals surface area contributed by atoms with Crippen LogP contribution in [0.3, 0.4) is 0 Å². The summed E-state index contributed by atoms with van der Waals surface area (Å²) in [5.41, 5.74) is 3.48. The Bertz CT molecular complexity index is 542. The van der Waals surface area contributed by atoms with Crippen LogP contribution in [0.4, 0.5) is 4.39 Å². The lowest BCUT2D eigenvalue weighted by Crippen LogP contribution is -2.16. The van der Waals surface area contributed by atoms with E-state index in [0.29, 0.717) is 0 Å². The number of rotatable bonds is 6.